The van der Waals surface area contributed by atoms with Gasteiger partial charge in [-0.05, 0) is 19.3 Å². The molecule has 0 aliphatic rings. The highest BCUT2D eigenvalue weighted by Crippen LogP contribution is 2.07. The highest BCUT2D eigenvalue weighted by molar-refractivity contribution is 5.93. The van der Waals surface area contributed by atoms with Crippen molar-refractivity contribution in [1.29, 1.82) is 0 Å². The summed E-state index contributed by atoms with van der Waals surface area (Å²) in [6.45, 7) is 4.14. The van der Waals surface area contributed by atoms with Crippen LogP contribution in [-0.2, 0) is 24.0 Å². The van der Waals surface area contributed by atoms with Crippen molar-refractivity contribution < 1.29 is 34.2 Å². The first kappa shape index (κ1) is 26.3. The van der Waals surface area contributed by atoms with E-state index in [9.17, 15) is 29.1 Å². The molecular formula is C17H31N5O7. The van der Waals surface area contributed by atoms with Crippen LogP contribution in [0.5, 0.6) is 0 Å². The number of amides is 4. The third-order valence-corrected chi connectivity index (χ3v) is 4.32. The summed E-state index contributed by atoms with van der Waals surface area (Å²) >= 11 is 0. The number of nitrogens with two attached hydrogens (primary N) is 2. The number of rotatable bonds is 13. The number of carbonyl (C=O) groups excluding carboxylic acids is 4. The molecule has 0 aromatic heterocycles. The maximum Gasteiger partial charge on any atom is 0.326 e. The Balaban J connectivity index is 4.78. The van der Waals surface area contributed by atoms with Crippen molar-refractivity contribution in [2.24, 2.45) is 17.4 Å². The molecule has 166 valence electrons. The molecule has 0 heterocycles. The number of nitrogens with one attached hydrogen (secondary N) is 3. The van der Waals surface area contributed by atoms with Gasteiger partial charge in [0, 0.05) is 6.42 Å². The minimum Gasteiger partial charge on any atom is -0.480 e. The molecule has 0 radical (unpaired) electrons. The van der Waals surface area contributed by atoms with Crippen molar-refractivity contribution in [3.63, 3.8) is 0 Å². The van der Waals surface area contributed by atoms with Gasteiger partial charge in [-0.1, -0.05) is 20.3 Å². The number of primary amides is 1. The quantitative estimate of drug-likeness (QED) is 0.165. The number of carboxylic acids is 1. The highest BCUT2D eigenvalue weighted by Gasteiger charge is 2.29. The highest BCUT2D eigenvalue weighted by atomic mass is 16.4. The Hall–Kier alpha value is -2.73. The summed E-state index contributed by atoms with van der Waals surface area (Å²) in [6, 6.07) is -3.63. The van der Waals surface area contributed by atoms with Crippen LogP contribution in [0.1, 0.15) is 40.0 Å². The van der Waals surface area contributed by atoms with Gasteiger partial charge in [0.05, 0.1) is 18.7 Å². The number of hydrogen-bond donors (Lipinski definition) is 7. The Labute approximate surface area is 168 Å². The first-order valence-corrected chi connectivity index (χ1v) is 9.22. The second kappa shape index (κ2) is 12.7. The van der Waals surface area contributed by atoms with Crippen molar-refractivity contribution >= 4 is 29.6 Å². The fourth-order valence-corrected chi connectivity index (χ4v) is 2.28. The lowest BCUT2D eigenvalue weighted by molar-refractivity contribution is -0.143. The molecule has 4 amide bonds. The van der Waals surface area contributed by atoms with Crippen LogP contribution < -0.4 is 27.4 Å². The van der Waals surface area contributed by atoms with Gasteiger partial charge in [0.25, 0.3) is 0 Å². The molecule has 5 unspecified atom stereocenters. The van der Waals surface area contributed by atoms with E-state index in [1.54, 1.807) is 13.8 Å². The van der Waals surface area contributed by atoms with Crippen LogP contribution in [0.15, 0.2) is 0 Å². The number of hydrogen-bond acceptors (Lipinski definition) is 7. The lowest BCUT2D eigenvalue weighted by Gasteiger charge is -2.23. The molecule has 0 saturated heterocycles. The van der Waals surface area contributed by atoms with Crippen LogP contribution in [0.4, 0.5) is 0 Å². The number of carbonyl (C=O) groups is 5. The van der Waals surface area contributed by atoms with Crippen LogP contribution in [0, 0.1) is 5.92 Å². The molecule has 9 N–H and O–H groups in total. The van der Waals surface area contributed by atoms with Crippen molar-refractivity contribution in [2.75, 3.05) is 6.54 Å². The van der Waals surface area contributed by atoms with Crippen molar-refractivity contribution in [3.8, 4) is 0 Å². The summed E-state index contributed by atoms with van der Waals surface area (Å²) in [6.07, 6.45) is -0.946. The van der Waals surface area contributed by atoms with E-state index in [0.717, 1.165) is 0 Å². The van der Waals surface area contributed by atoms with E-state index >= 15 is 0 Å². The van der Waals surface area contributed by atoms with E-state index in [4.69, 9.17) is 16.6 Å². The van der Waals surface area contributed by atoms with Crippen LogP contribution in [-0.4, -0.2) is 70.6 Å². The Kier molecular flexibility index (Phi) is 11.5. The molecule has 0 spiro atoms. The fraction of sp³-hybridized carbons (Fsp3) is 0.706. The lowest BCUT2D eigenvalue weighted by atomic mass is 9.99. The second-order valence-corrected chi connectivity index (χ2v) is 6.83. The van der Waals surface area contributed by atoms with Gasteiger partial charge in [0.15, 0.2) is 0 Å². The average Bonchev–Trinajstić information content (AvgIpc) is 2.64. The van der Waals surface area contributed by atoms with Crippen LogP contribution in [0.3, 0.4) is 0 Å². The van der Waals surface area contributed by atoms with E-state index in [1.807, 2.05) is 0 Å². The zero-order chi connectivity index (χ0) is 22.7. The topological polar surface area (TPSA) is 214 Å². The third kappa shape index (κ3) is 9.85. The minimum absolute atomic E-state index is 0.0378. The average molecular weight is 417 g/mol. The zero-order valence-electron chi connectivity index (χ0n) is 16.8. The Morgan fingerprint density at radius 1 is 1.00 bits per heavy atom. The number of aliphatic hydroxyl groups is 1. The summed E-state index contributed by atoms with van der Waals surface area (Å²) < 4.78 is 0. The van der Waals surface area contributed by atoms with Gasteiger partial charge in [-0.3, -0.25) is 19.2 Å². The molecule has 12 heteroatoms. The predicted molar refractivity (Wildman–Crippen MR) is 102 cm³/mol. The second-order valence-electron chi connectivity index (χ2n) is 6.83. The predicted octanol–water partition coefficient (Wildman–Crippen LogP) is -2.82. The number of aliphatic carboxylic acids is 1. The van der Waals surface area contributed by atoms with E-state index < -0.39 is 60.4 Å². The summed E-state index contributed by atoms with van der Waals surface area (Å²) in [7, 11) is 0. The van der Waals surface area contributed by atoms with E-state index in [-0.39, 0.29) is 18.8 Å². The summed E-state index contributed by atoms with van der Waals surface area (Å²) in [5.74, 6) is -4.53. The fourth-order valence-electron chi connectivity index (χ4n) is 2.28. The number of aliphatic hydroxyl groups excluding tert-OH is 1. The van der Waals surface area contributed by atoms with Gasteiger partial charge in [-0.25, -0.2) is 4.79 Å². The van der Waals surface area contributed by atoms with E-state index in [1.165, 1.54) is 6.92 Å². The molecule has 0 aromatic carbocycles. The zero-order valence-corrected chi connectivity index (χ0v) is 16.8. The molecule has 0 saturated carbocycles. The van der Waals surface area contributed by atoms with Crippen molar-refractivity contribution in [3.05, 3.63) is 0 Å². The normalized spacial score (nSPS) is 15.9. The van der Waals surface area contributed by atoms with Crippen LogP contribution in [0.25, 0.3) is 0 Å². The summed E-state index contributed by atoms with van der Waals surface area (Å²) in [5, 5.41) is 25.7. The molecule has 0 aliphatic heterocycles. The number of carboxylic acid groups (broad SMARTS) is 1. The van der Waals surface area contributed by atoms with Gasteiger partial charge >= 0.3 is 5.97 Å². The van der Waals surface area contributed by atoms with Gasteiger partial charge in [0.1, 0.15) is 12.1 Å². The lowest BCUT2D eigenvalue weighted by Crippen LogP contribution is -2.57. The van der Waals surface area contributed by atoms with Crippen molar-refractivity contribution in [2.45, 2.75) is 64.3 Å². The first-order valence-electron chi connectivity index (χ1n) is 9.22. The molecule has 0 bridgehead atoms. The Morgan fingerprint density at radius 2 is 1.59 bits per heavy atom. The van der Waals surface area contributed by atoms with Gasteiger partial charge in [-0.2, -0.15) is 0 Å². The van der Waals surface area contributed by atoms with Crippen molar-refractivity contribution in [1.82, 2.24) is 16.0 Å². The third-order valence-electron chi connectivity index (χ3n) is 4.32. The molecule has 0 aliphatic carbocycles. The molecule has 0 fully saturated rings. The maximum atomic E-state index is 12.2. The van der Waals surface area contributed by atoms with E-state index in [2.05, 4.69) is 16.0 Å². The molecule has 12 nitrogen and oxygen atoms in total. The molecule has 0 aromatic rings. The van der Waals surface area contributed by atoms with Crippen LogP contribution in [0.2, 0.25) is 0 Å². The smallest absolute Gasteiger partial charge is 0.326 e. The SMILES string of the molecule is CCC(C)C(NC(=O)CNC(=O)C(NC(=O)C(N)CCC(N)=O)C(C)O)C(=O)O. The minimum atomic E-state index is -1.40. The monoisotopic (exact) mass is 417 g/mol. The van der Waals surface area contributed by atoms with Gasteiger partial charge < -0.3 is 37.6 Å². The van der Waals surface area contributed by atoms with Gasteiger partial charge in [-0.15, -0.1) is 0 Å². The maximum absolute atomic E-state index is 12.2. The Morgan fingerprint density at radius 3 is 2.03 bits per heavy atom. The molecule has 5 atom stereocenters. The Bertz CT molecular complexity index is 611. The van der Waals surface area contributed by atoms with Crippen LogP contribution >= 0.6 is 0 Å². The molecule has 29 heavy (non-hydrogen) atoms. The molecular weight excluding hydrogens is 386 g/mol. The molecule has 0 rings (SSSR count). The summed E-state index contributed by atoms with van der Waals surface area (Å²) in [5.41, 5.74) is 10.6. The largest absolute Gasteiger partial charge is 0.480 e. The van der Waals surface area contributed by atoms with E-state index in [0.29, 0.717) is 6.42 Å². The summed E-state index contributed by atoms with van der Waals surface area (Å²) in [4.78, 5) is 58.2. The first-order chi connectivity index (χ1) is 13.4. The standard InChI is InChI=1S/C17H31N5O7/c1-4-8(2)13(17(28)29)21-12(25)7-20-16(27)14(9(3)23)22-15(26)10(18)5-6-11(19)24/h8-10,13-14,23H,4-7,18H2,1-3H3,(H2,19,24)(H,20,27)(H,21,25)(H,22,26)(H,28,29). The van der Waals surface area contributed by atoms with Gasteiger partial charge in [0.2, 0.25) is 23.6 Å².